The fourth-order valence-corrected chi connectivity index (χ4v) is 2.53. The van der Waals surface area contributed by atoms with Gasteiger partial charge < -0.3 is 9.84 Å². The van der Waals surface area contributed by atoms with Crippen molar-refractivity contribution in [1.82, 2.24) is 9.13 Å². The Labute approximate surface area is 163 Å². The quantitative estimate of drug-likeness (QED) is 0.563. The minimum Gasteiger partial charge on any atom is -0.478 e. The number of aromatic nitrogens is 2. The number of ketones is 1. The second-order valence-electron chi connectivity index (χ2n) is 5.72. The Morgan fingerprint density at radius 1 is 1.21 bits per heavy atom. The number of ether oxygens (including phenoxy) is 1. The molecular formula is C16H11ClF4N2O6. The van der Waals surface area contributed by atoms with Crippen molar-refractivity contribution < 1.29 is 37.0 Å². The number of carbonyl (C=O) groups excluding carboxylic acids is 1. The molecular weight excluding hydrogens is 428 g/mol. The van der Waals surface area contributed by atoms with Crippen molar-refractivity contribution in [2.24, 2.45) is 7.05 Å². The van der Waals surface area contributed by atoms with Crippen molar-refractivity contribution in [3.63, 3.8) is 0 Å². The number of carboxylic acids is 1. The van der Waals surface area contributed by atoms with E-state index in [1.54, 1.807) is 0 Å². The second-order valence-corrected chi connectivity index (χ2v) is 6.13. The van der Waals surface area contributed by atoms with Gasteiger partial charge in [0.1, 0.15) is 17.3 Å². The summed E-state index contributed by atoms with van der Waals surface area (Å²) in [5.74, 6) is -4.50. The van der Waals surface area contributed by atoms with Crippen LogP contribution in [0.2, 0.25) is 5.02 Å². The Morgan fingerprint density at radius 3 is 2.28 bits per heavy atom. The van der Waals surface area contributed by atoms with Crippen LogP contribution in [0.25, 0.3) is 5.69 Å². The highest BCUT2D eigenvalue weighted by Crippen LogP contribution is 2.31. The summed E-state index contributed by atoms with van der Waals surface area (Å²) in [6.45, 7) is 0.896. The molecule has 2 aromatic rings. The zero-order chi connectivity index (χ0) is 22.3. The van der Waals surface area contributed by atoms with Crippen LogP contribution >= 0.6 is 11.6 Å². The highest BCUT2D eigenvalue weighted by molar-refractivity contribution is 6.32. The van der Waals surface area contributed by atoms with E-state index in [1.807, 2.05) is 0 Å². The van der Waals surface area contributed by atoms with Crippen LogP contribution in [-0.2, 0) is 22.8 Å². The Bertz CT molecular complexity index is 1110. The van der Waals surface area contributed by atoms with Gasteiger partial charge in [-0.15, -0.1) is 0 Å². The van der Waals surface area contributed by atoms with E-state index in [-0.39, 0.29) is 15.2 Å². The van der Waals surface area contributed by atoms with E-state index in [0.717, 1.165) is 14.0 Å². The van der Waals surface area contributed by atoms with Crippen LogP contribution < -0.4 is 16.0 Å². The normalized spacial score (nSPS) is 12.5. The first kappa shape index (κ1) is 22.1. The highest BCUT2D eigenvalue weighted by atomic mass is 35.5. The summed E-state index contributed by atoms with van der Waals surface area (Å²) in [4.78, 5) is 46.8. The third-order valence-electron chi connectivity index (χ3n) is 3.69. The Morgan fingerprint density at radius 2 is 1.79 bits per heavy atom. The number of aliphatic carboxylic acids is 1. The average molecular weight is 439 g/mol. The summed E-state index contributed by atoms with van der Waals surface area (Å²) in [6.07, 6.45) is -7.05. The van der Waals surface area contributed by atoms with Crippen molar-refractivity contribution >= 4 is 23.4 Å². The van der Waals surface area contributed by atoms with Crippen LogP contribution in [0.15, 0.2) is 27.8 Å². The van der Waals surface area contributed by atoms with E-state index < -0.39 is 63.3 Å². The van der Waals surface area contributed by atoms with Gasteiger partial charge >= 0.3 is 17.8 Å². The topological polar surface area (TPSA) is 108 Å². The summed E-state index contributed by atoms with van der Waals surface area (Å²) >= 11 is 5.75. The lowest BCUT2D eigenvalue weighted by molar-refractivity contribution is -0.149. The molecule has 0 aliphatic rings. The van der Waals surface area contributed by atoms with Crippen LogP contribution in [0.1, 0.15) is 12.6 Å². The maximum atomic E-state index is 14.3. The van der Waals surface area contributed by atoms with Gasteiger partial charge in [0.25, 0.3) is 11.7 Å². The molecule has 0 saturated carbocycles. The largest absolute Gasteiger partial charge is 0.478 e. The Balaban J connectivity index is 2.73. The molecule has 0 spiro atoms. The summed E-state index contributed by atoms with van der Waals surface area (Å²) in [5, 5.41) is 8.49. The smallest absolute Gasteiger partial charge is 0.431 e. The molecule has 1 unspecified atom stereocenters. The molecule has 8 nitrogen and oxygen atoms in total. The molecule has 0 amide bonds. The summed E-state index contributed by atoms with van der Waals surface area (Å²) in [7, 11) is 0.725. The number of rotatable bonds is 5. The van der Waals surface area contributed by atoms with Gasteiger partial charge in [-0.1, -0.05) is 11.6 Å². The first-order valence-corrected chi connectivity index (χ1v) is 7.93. The number of hydrogen-bond donors (Lipinski definition) is 1. The van der Waals surface area contributed by atoms with E-state index >= 15 is 0 Å². The predicted molar refractivity (Wildman–Crippen MR) is 90.0 cm³/mol. The zero-order valence-electron chi connectivity index (χ0n) is 14.6. The van der Waals surface area contributed by atoms with Crippen LogP contribution in [0.5, 0.6) is 5.75 Å². The fraction of sp³-hybridized carbons (Fsp3) is 0.250. The lowest BCUT2D eigenvalue weighted by Gasteiger charge is -2.17. The number of Topliss-reactive ketones (excluding diaryl/α,β-unsaturated/α-hetero) is 1. The van der Waals surface area contributed by atoms with Gasteiger partial charge in [-0.25, -0.2) is 18.5 Å². The van der Waals surface area contributed by atoms with E-state index in [1.165, 1.54) is 0 Å². The molecule has 0 radical (unpaired) electrons. The standard InChI is InChI=1S/C16H11ClF4N2O6/c1-6(24)13(14(26)27)29-10-4-9(8(18)3-7(10)17)23-12(25)5-11(16(19,20)21)22(2)15(23)28/h3-5,13H,1-2H3,(H,26,27). The number of hydrogen-bond acceptors (Lipinski definition) is 5. The number of nitrogens with zero attached hydrogens (tertiary/aromatic N) is 2. The van der Waals surface area contributed by atoms with Crippen molar-refractivity contribution in [1.29, 1.82) is 0 Å². The number of carbonyl (C=O) groups is 2. The molecule has 1 N–H and O–H groups in total. The fourth-order valence-electron chi connectivity index (χ4n) is 2.33. The van der Waals surface area contributed by atoms with Crippen LogP contribution in [0.4, 0.5) is 17.6 Å². The lowest BCUT2D eigenvalue weighted by atomic mass is 10.2. The highest BCUT2D eigenvalue weighted by Gasteiger charge is 2.35. The van der Waals surface area contributed by atoms with Crippen LogP contribution in [0, 0.1) is 5.82 Å². The molecule has 2 rings (SSSR count). The molecule has 29 heavy (non-hydrogen) atoms. The van der Waals surface area contributed by atoms with E-state index in [9.17, 15) is 36.7 Å². The molecule has 0 aliphatic carbocycles. The first-order valence-electron chi connectivity index (χ1n) is 7.55. The van der Waals surface area contributed by atoms with E-state index in [4.69, 9.17) is 21.4 Å². The minimum atomic E-state index is -5.02. The number of carboxylic acid groups (broad SMARTS) is 1. The van der Waals surface area contributed by atoms with Gasteiger partial charge in [-0.2, -0.15) is 13.2 Å². The Hall–Kier alpha value is -3.15. The molecule has 156 valence electrons. The van der Waals surface area contributed by atoms with Gasteiger partial charge in [0.05, 0.1) is 10.7 Å². The minimum absolute atomic E-state index is 0.0807. The number of alkyl halides is 3. The molecule has 0 fully saturated rings. The monoisotopic (exact) mass is 438 g/mol. The Kier molecular flexibility index (Phi) is 5.88. The molecule has 1 aromatic heterocycles. The molecule has 1 atom stereocenters. The third-order valence-corrected chi connectivity index (χ3v) is 3.99. The van der Waals surface area contributed by atoms with Crippen LogP contribution in [-0.4, -0.2) is 32.1 Å². The van der Waals surface area contributed by atoms with Crippen molar-refractivity contribution in [3.8, 4) is 11.4 Å². The molecule has 0 bridgehead atoms. The third kappa shape index (κ3) is 4.31. The summed E-state index contributed by atoms with van der Waals surface area (Å²) in [5.41, 5.74) is -5.44. The molecule has 0 aliphatic heterocycles. The first-order chi connectivity index (χ1) is 13.3. The zero-order valence-corrected chi connectivity index (χ0v) is 15.3. The average Bonchev–Trinajstić information content (AvgIpc) is 2.57. The van der Waals surface area contributed by atoms with Gasteiger partial charge in [-0.05, 0) is 13.0 Å². The molecule has 1 heterocycles. The second kappa shape index (κ2) is 7.70. The summed E-state index contributed by atoms with van der Waals surface area (Å²) < 4.78 is 58.2. The van der Waals surface area contributed by atoms with Gasteiger partial charge in [0, 0.05) is 19.2 Å². The molecule has 13 heteroatoms. The van der Waals surface area contributed by atoms with Crippen molar-refractivity contribution in [2.75, 3.05) is 0 Å². The summed E-state index contributed by atoms with van der Waals surface area (Å²) in [6, 6.07) is 1.27. The SMILES string of the molecule is CC(=O)C(Oc1cc(-n2c(=O)cc(C(F)(F)F)n(C)c2=O)c(F)cc1Cl)C(=O)O. The number of benzene rings is 1. The van der Waals surface area contributed by atoms with Crippen molar-refractivity contribution in [3.05, 3.63) is 55.6 Å². The van der Waals surface area contributed by atoms with Gasteiger partial charge in [0.15, 0.2) is 5.78 Å². The van der Waals surface area contributed by atoms with Crippen LogP contribution in [0.3, 0.4) is 0 Å². The maximum Gasteiger partial charge on any atom is 0.431 e. The number of halogens is 5. The van der Waals surface area contributed by atoms with Gasteiger partial charge in [-0.3, -0.25) is 14.2 Å². The van der Waals surface area contributed by atoms with Gasteiger partial charge in [0.2, 0.25) is 0 Å². The molecule has 1 aromatic carbocycles. The van der Waals surface area contributed by atoms with E-state index in [0.29, 0.717) is 12.1 Å². The lowest BCUT2D eigenvalue weighted by Crippen LogP contribution is -2.41. The van der Waals surface area contributed by atoms with Crippen molar-refractivity contribution in [2.45, 2.75) is 19.2 Å². The van der Waals surface area contributed by atoms with E-state index in [2.05, 4.69) is 0 Å². The predicted octanol–water partition coefficient (Wildman–Crippen LogP) is 1.77. The molecule has 0 saturated heterocycles. The maximum absolute atomic E-state index is 14.3.